The van der Waals surface area contributed by atoms with Crippen molar-refractivity contribution in [3.63, 3.8) is 0 Å². The van der Waals surface area contributed by atoms with E-state index in [9.17, 15) is 9.59 Å². The van der Waals surface area contributed by atoms with Gasteiger partial charge in [0.15, 0.2) is 0 Å². The highest BCUT2D eigenvalue weighted by molar-refractivity contribution is 5.89. The van der Waals surface area contributed by atoms with Gasteiger partial charge in [0.2, 0.25) is 0 Å². The molecule has 1 aliphatic heterocycles. The van der Waals surface area contributed by atoms with E-state index in [1.165, 1.54) is 39.5 Å². The third kappa shape index (κ3) is 4.41. The predicted molar refractivity (Wildman–Crippen MR) is 102 cm³/mol. The van der Waals surface area contributed by atoms with Gasteiger partial charge in [-0.15, -0.1) is 0 Å². The van der Waals surface area contributed by atoms with E-state index in [1.807, 2.05) is 18.3 Å². The average Bonchev–Trinajstić information content (AvgIpc) is 2.70. The number of rotatable bonds is 6. The number of aryl methyl sites for hydroxylation is 1. The van der Waals surface area contributed by atoms with Crippen molar-refractivity contribution < 1.29 is 9.53 Å². The van der Waals surface area contributed by atoms with Crippen molar-refractivity contribution in [2.75, 3.05) is 26.7 Å². The van der Waals surface area contributed by atoms with E-state index >= 15 is 0 Å². The zero-order chi connectivity index (χ0) is 18.4. The van der Waals surface area contributed by atoms with Crippen LogP contribution in [0.4, 0.5) is 0 Å². The Kier molecular flexibility index (Phi) is 6.23. The fourth-order valence-corrected chi connectivity index (χ4v) is 3.48. The number of esters is 1. The van der Waals surface area contributed by atoms with Crippen molar-refractivity contribution in [1.82, 2.24) is 9.47 Å². The summed E-state index contributed by atoms with van der Waals surface area (Å²) in [6.45, 7) is 4.14. The Morgan fingerprint density at radius 1 is 1.04 bits per heavy atom. The summed E-state index contributed by atoms with van der Waals surface area (Å²) in [5, 5.41) is 0. The second-order valence-corrected chi connectivity index (χ2v) is 6.75. The zero-order valence-electron chi connectivity index (χ0n) is 15.3. The molecule has 2 heterocycles. The highest BCUT2D eigenvalue weighted by Gasteiger charge is 2.11. The maximum atomic E-state index is 12.8. The highest BCUT2D eigenvalue weighted by atomic mass is 16.5. The first kappa shape index (κ1) is 18.4. The number of carbonyl (C=O) groups excluding carboxylic acids is 1. The summed E-state index contributed by atoms with van der Waals surface area (Å²) in [5.41, 5.74) is 1.96. The van der Waals surface area contributed by atoms with Gasteiger partial charge in [-0.3, -0.25) is 4.79 Å². The lowest BCUT2D eigenvalue weighted by molar-refractivity contribution is 0.0601. The summed E-state index contributed by atoms with van der Waals surface area (Å²) < 4.78 is 6.50. The van der Waals surface area contributed by atoms with Crippen LogP contribution < -0.4 is 5.56 Å². The fraction of sp³-hybridized carbons (Fsp3) is 0.429. The standard InChI is InChI=1S/C21H26N2O3/c1-26-21(25)18-10-8-17(9-11-18)19-7-5-15-23(20(19)24)16-6-14-22-12-3-2-4-13-22/h5,7-11,15H,2-4,6,12-14,16H2,1H3. The summed E-state index contributed by atoms with van der Waals surface area (Å²) in [7, 11) is 1.36. The van der Waals surface area contributed by atoms with Gasteiger partial charge >= 0.3 is 5.97 Å². The molecule has 0 atom stereocenters. The molecule has 26 heavy (non-hydrogen) atoms. The molecule has 0 N–H and O–H groups in total. The minimum Gasteiger partial charge on any atom is -0.465 e. The van der Waals surface area contributed by atoms with Crippen LogP contribution in [0.25, 0.3) is 11.1 Å². The second-order valence-electron chi connectivity index (χ2n) is 6.75. The maximum Gasteiger partial charge on any atom is 0.337 e. The molecule has 0 amide bonds. The van der Waals surface area contributed by atoms with Gasteiger partial charge < -0.3 is 14.2 Å². The van der Waals surface area contributed by atoms with Crippen LogP contribution in [0.15, 0.2) is 47.4 Å². The Morgan fingerprint density at radius 2 is 1.77 bits per heavy atom. The van der Waals surface area contributed by atoms with E-state index in [2.05, 4.69) is 4.90 Å². The first-order valence-electron chi connectivity index (χ1n) is 9.29. The maximum absolute atomic E-state index is 12.8. The normalized spacial score (nSPS) is 15.0. The van der Waals surface area contributed by atoms with Crippen LogP contribution in [0.1, 0.15) is 36.0 Å². The molecule has 5 nitrogen and oxygen atoms in total. The number of piperidine rings is 1. The molecule has 0 radical (unpaired) electrons. The van der Waals surface area contributed by atoms with Crippen molar-refractivity contribution in [2.45, 2.75) is 32.2 Å². The van der Waals surface area contributed by atoms with Crippen LogP contribution in [0.3, 0.4) is 0 Å². The Hall–Kier alpha value is -2.40. The van der Waals surface area contributed by atoms with Crippen LogP contribution in [-0.2, 0) is 11.3 Å². The third-order valence-corrected chi connectivity index (χ3v) is 4.96. The third-order valence-electron chi connectivity index (χ3n) is 4.96. The molecule has 1 aromatic carbocycles. The Labute approximate surface area is 154 Å². The van der Waals surface area contributed by atoms with Crippen LogP contribution in [0.5, 0.6) is 0 Å². The molecule has 1 saturated heterocycles. The van der Waals surface area contributed by atoms with Crippen molar-refractivity contribution in [3.05, 3.63) is 58.5 Å². The Bertz CT molecular complexity index is 790. The number of aromatic nitrogens is 1. The van der Waals surface area contributed by atoms with E-state index in [0.29, 0.717) is 11.1 Å². The zero-order valence-corrected chi connectivity index (χ0v) is 15.3. The van der Waals surface area contributed by atoms with Crippen LogP contribution >= 0.6 is 0 Å². The van der Waals surface area contributed by atoms with E-state index < -0.39 is 0 Å². The number of ether oxygens (including phenoxy) is 1. The van der Waals surface area contributed by atoms with Gasteiger partial charge in [-0.1, -0.05) is 18.6 Å². The van der Waals surface area contributed by atoms with Gasteiger partial charge in [0, 0.05) is 18.3 Å². The number of methoxy groups -OCH3 is 1. The topological polar surface area (TPSA) is 51.5 Å². The van der Waals surface area contributed by atoms with E-state index in [4.69, 9.17) is 4.74 Å². The first-order chi connectivity index (χ1) is 12.7. The monoisotopic (exact) mass is 354 g/mol. The number of nitrogens with zero attached hydrogens (tertiary/aromatic N) is 2. The first-order valence-corrected chi connectivity index (χ1v) is 9.29. The summed E-state index contributed by atoms with van der Waals surface area (Å²) in [6.07, 6.45) is 6.75. The molecule has 1 fully saturated rings. The van der Waals surface area contributed by atoms with Gasteiger partial charge in [-0.25, -0.2) is 4.79 Å². The number of likely N-dealkylation sites (tertiary alicyclic amines) is 1. The lowest BCUT2D eigenvalue weighted by Gasteiger charge is -2.26. The molecule has 0 unspecified atom stereocenters. The van der Waals surface area contributed by atoms with Gasteiger partial charge in [-0.2, -0.15) is 0 Å². The molecular formula is C21H26N2O3. The van der Waals surface area contributed by atoms with Crippen molar-refractivity contribution in [3.8, 4) is 11.1 Å². The Morgan fingerprint density at radius 3 is 2.46 bits per heavy atom. The summed E-state index contributed by atoms with van der Waals surface area (Å²) in [6, 6.07) is 10.7. The Balaban J connectivity index is 1.68. The summed E-state index contributed by atoms with van der Waals surface area (Å²) in [5.74, 6) is -0.375. The molecule has 0 aliphatic carbocycles. The number of hydrogen-bond acceptors (Lipinski definition) is 4. The molecule has 138 valence electrons. The minimum atomic E-state index is -0.375. The van der Waals surface area contributed by atoms with Crippen molar-refractivity contribution in [2.24, 2.45) is 0 Å². The van der Waals surface area contributed by atoms with Crippen LogP contribution in [-0.4, -0.2) is 42.2 Å². The van der Waals surface area contributed by atoms with E-state index in [0.717, 1.165) is 25.1 Å². The predicted octanol–water partition coefficient (Wildman–Crippen LogP) is 3.18. The molecule has 5 heteroatoms. The largest absolute Gasteiger partial charge is 0.465 e. The molecular weight excluding hydrogens is 328 g/mol. The average molecular weight is 354 g/mol. The second kappa shape index (κ2) is 8.81. The minimum absolute atomic E-state index is 0.0111. The van der Waals surface area contributed by atoms with E-state index in [1.54, 1.807) is 28.8 Å². The number of hydrogen-bond donors (Lipinski definition) is 0. The molecule has 0 saturated carbocycles. The molecule has 0 bridgehead atoms. The summed E-state index contributed by atoms with van der Waals surface area (Å²) in [4.78, 5) is 26.8. The van der Waals surface area contributed by atoms with E-state index in [-0.39, 0.29) is 11.5 Å². The number of benzene rings is 1. The van der Waals surface area contributed by atoms with Gasteiger partial charge in [-0.05, 0) is 68.7 Å². The SMILES string of the molecule is COC(=O)c1ccc(-c2cccn(CCCN3CCCCC3)c2=O)cc1. The van der Waals surface area contributed by atoms with Crippen molar-refractivity contribution >= 4 is 5.97 Å². The quantitative estimate of drug-likeness (QED) is 0.748. The van der Waals surface area contributed by atoms with Crippen LogP contribution in [0, 0.1) is 0 Å². The molecule has 1 aliphatic rings. The highest BCUT2D eigenvalue weighted by Crippen LogP contribution is 2.16. The summed E-state index contributed by atoms with van der Waals surface area (Å²) >= 11 is 0. The molecule has 2 aromatic rings. The van der Waals surface area contributed by atoms with Crippen molar-refractivity contribution in [1.29, 1.82) is 0 Å². The lowest BCUT2D eigenvalue weighted by Crippen LogP contribution is -2.31. The van der Waals surface area contributed by atoms with Gasteiger partial charge in [0.05, 0.1) is 12.7 Å². The smallest absolute Gasteiger partial charge is 0.337 e. The van der Waals surface area contributed by atoms with Crippen LogP contribution in [0.2, 0.25) is 0 Å². The van der Waals surface area contributed by atoms with Gasteiger partial charge in [0.25, 0.3) is 5.56 Å². The molecule has 3 rings (SSSR count). The number of pyridine rings is 1. The van der Waals surface area contributed by atoms with Gasteiger partial charge in [0.1, 0.15) is 0 Å². The lowest BCUT2D eigenvalue weighted by atomic mass is 10.1. The number of carbonyl (C=O) groups is 1. The molecule has 0 spiro atoms. The fourth-order valence-electron chi connectivity index (χ4n) is 3.48. The molecule has 1 aromatic heterocycles.